The second-order valence-corrected chi connectivity index (χ2v) is 6.46. The van der Waals surface area contributed by atoms with Crippen molar-refractivity contribution in [2.45, 2.75) is 51.1 Å². The van der Waals surface area contributed by atoms with Gasteiger partial charge in [0.05, 0.1) is 30.9 Å². The molecule has 7 heteroatoms. The van der Waals surface area contributed by atoms with Crippen molar-refractivity contribution >= 4 is 13.1 Å². The number of nitrogens with zero attached hydrogens (tertiary/aromatic N) is 2. The Bertz CT molecular complexity index is 511. The average molecular weight is 294 g/mol. The first-order chi connectivity index (χ1) is 9.66. The lowest BCUT2D eigenvalue weighted by atomic mass is 9.67. The molecular formula is C14H23BN2O4. The molecule has 2 heterocycles. The van der Waals surface area contributed by atoms with Gasteiger partial charge in [0.2, 0.25) is 0 Å². The molecule has 1 atom stereocenters. The monoisotopic (exact) mass is 294 g/mol. The largest absolute Gasteiger partial charge is 0.469 e. The highest BCUT2D eigenvalue weighted by molar-refractivity contribution is 6.48. The summed E-state index contributed by atoms with van der Waals surface area (Å²) < 4.78 is 18.6. The molecule has 1 unspecified atom stereocenters. The molecule has 1 aliphatic rings. The fourth-order valence-corrected chi connectivity index (χ4v) is 2.32. The van der Waals surface area contributed by atoms with Crippen LogP contribution in [0.25, 0.3) is 0 Å². The van der Waals surface area contributed by atoms with Crippen LogP contribution in [0.1, 0.15) is 45.5 Å². The molecule has 0 N–H and O–H groups in total. The third-order valence-electron chi connectivity index (χ3n) is 4.37. The van der Waals surface area contributed by atoms with Crippen LogP contribution in [0.5, 0.6) is 0 Å². The zero-order valence-corrected chi connectivity index (χ0v) is 13.5. The van der Waals surface area contributed by atoms with E-state index in [1.165, 1.54) is 7.11 Å². The Morgan fingerprint density at radius 1 is 1.38 bits per heavy atom. The van der Waals surface area contributed by atoms with Crippen molar-refractivity contribution in [3.05, 3.63) is 18.0 Å². The first-order valence-corrected chi connectivity index (χ1v) is 7.07. The van der Waals surface area contributed by atoms with Crippen LogP contribution in [0, 0.1) is 0 Å². The highest BCUT2D eigenvalue weighted by Crippen LogP contribution is 2.41. The van der Waals surface area contributed by atoms with Gasteiger partial charge in [-0.25, -0.2) is 0 Å². The molecule has 0 aliphatic carbocycles. The summed E-state index contributed by atoms with van der Waals surface area (Å²) in [7, 11) is 2.72. The lowest BCUT2D eigenvalue weighted by Gasteiger charge is -2.32. The van der Waals surface area contributed by atoms with Gasteiger partial charge in [0, 0.05) is 19.1 Å². The van der Waals surface area contributed by atoms with Gasteiger partial charge in [-0.05, 0) is 33.3 Å². The van der Waals surface area contributed by atoms with Crippen molar-refractivity contribution in [3.8, 4) is 0 Å². The van der Waals surface area contributed by atoms with E-state index in [9.17, 15) is 4.79 Å². The van der Waals surface area contributed by atoms with Crippen LogP contribution in [-0.4, -0.2) is 41.2 Å². The fraction of sp³-hybridized carbons (Fsp3) is 0.714. The summed E-state index contributed by atoms with van der Waals surface area (Å²) in [6.07, 6.45) is 3.80. The first kappa shape index (κ1) is 16.0. The van der Waals surface area contributed by atoms with E-state index in [-0.39, 0.29) is 18.2 Å². The second kappa shape index (κ2) is 5.46. The summed E-state index contributed by atoms with van der Waals surface area (Å²) in [5.41, 5.74) is 0.0315. The van der Waals surface area contributed by atoms with Crippen LogP contribution in [0.15, 0.2) is 12.4 Å². The van der Waals surface area contributed by atoms with Gasteiger partial charge in [-0.3, -0.25) is 9.48 Å². The van der Waals surface area contributed by atoms with Crippen molar-refractivity contribution in [3.63, 3.8) is 0 Å². The van der Waals surface area contributed by atoms with E-state index in [0.29, 0.717) is 0 Å². The van der Waals surface area contributed by atoms with Crippen LogP contribution in [0.3, 0.4) is 0 Å². The van der Waals surface area contributed by atoms with E-state index < -0.39 is 18.3 Å². The van der Waals surface area contributed by atoms with Crippen molar-refractivity contribution in [1.29, 1.82) is 0 Å². The molecular weight excluding hydrogens is 271 g/mol. The van der Waals surface area contributed by atoms with E-state index in [1.54, 1.807) is 10.9 Å². The van der Waals surface area contributed by atoms with E-state index in [0.717, 1.165) is 5.56 Å². The number of methoxy groups -OCH3 is 1. The van der Waals surface area contributed by atoms with E-state index >= 15 is 0 Å². The number of carbonyl (C=O) groups excluding carboxylic acids is 1. The molecule has 0 spiro atoms. The molecule has 2 rings (SSSR count). The van der Waals surface area contributed by atoms with Gasteiger partial charge in [0.1, 0.15) is 0 Å². The van der Waals surface area contributed by atoms with Crippen LogP contribution >= 0.6 is 0 Å². The number of hydrogen-bond donors (Lipinski definition) is 0. The van der Waals surface area contributed by atoms with E-state index in [4.69, 9.17) is 14.0 Å². The smallest absolute Gasteiger partial charge is 0.466 e. The minimum absolute atomic E-state index is 0.193. The predicted molar refractivity (Wildman–Crippen MR) is 78.7 cm³/mol. The Kier molecular flexibility index (Phi) is 4.17. The highest BCUT2D eigenvalue weighted by atomic mass is 16.7. The van der Waals surface area contributed by atoms with Crippen molar-refractivity contribution in [1.82, 2.24) is 9.78 Å². The zero-order valence-electron chi connectivity index (χ0n) is 13.5. The minimum Gasteiger partial charge on any atom is -0.469 e. The lowest BCUT2D eigenvalue weighted by molar-refractivity contribution is -0.140. The number of carbonyl (C=O) groups is 1. The molecule has 1 aromatic rings. The zero-order chi connectivity index (χ0) is 15.8. The molecule has 6 nitrogen and oxygen atoms in total. The van der Waals surface area contributed by atoms with Gasteiger partial charge in [-0.1, -0.05) is 0 Å². The number of aryl methyl sites for hydroxylation is 1. The maximum atomic E-state index is 11.7. The highest BCUT2D eigenvalue weighted by Gasteiger charge is 2.54. The summed E-state index contributed by atoms with van der Waals surface area (Å²) in [6, 6.07) is 0. The number of ether oxygens (including phenoxy) is 1. The maximum Gasteiger partial charge on any atom is 0.466 e. The molecule has 116 valence electrons. The van der Waals surface area contributed by atoms with Crippen molar-refractivity contribution in [2.24, 2.45) is 7.05 Å². The second-order valence-electron chi connectivity index (χ2n) is 6.46. The standard InChI is InChI=1S/C14H23BN2O4/c1-13(2)14(3,4)21-15(20-13)11(7-12(18)19-6)10-8-16-17(5)9-10/h8-9,11H,7H2,1-6H3. The SMILES string of the molecule is COC(=O)CC(B1OC(C)(C)C(C)(C)O1)c1cnn(C)c1. The molecule has 0 bridgehead atoms. The molecule has 0 aromatic carbocycles. The lowest BCUT2D eigenvalue weighted by Crippen LogP contribution is -2.41. The third-order valence-corrected chi connectivity index (χ3v) is 4.37. The maximum absolute atomic E-state index is 11.7. The van der Waals surface area contributed by atoms with Crippen LogP contribution < -0.4 is 0 Å². The minimum atomic E-state index is -0.502. The van der Waals surface area contributed by atoms with Crippen molar-refractivity contribution < 1.29 is 18.8 Å². The number of esters is 1. The molecule has 0 saturated carbocycles. The van der Waals surface area contributed by atoms with Crippen LogP contribution in [0.2, 0.25) is 0 Å². The fourth-order valence-electron chi connectivity index (χ4n) is 2.32. The molecule has 1 fully saturated rings. The molecule has 1 saturated heterocycles. The Hall–Kier alpha value is -1.34. The molecule has 0 radical (unpaired) electrons. The van der Waals surface area contributed by atoms with Gasteiger partial charge in [0.15, 0.2) is 0 Å². The summed E-state index contributed by atoms with van der Waals surface area (Å²) in [4.78, 5) is 11.7. The van der Waals surface area contributed by atoms with Gasteiger partial charge < -0.3 is 14.0 Å². The summed E-state index contributed by atoms with van der Waals surface area (Å²) in [5.74, 6) is -0.536. The van der Waals surface area contributed by atoms with E-state index in [1.807, 2.05) is 40.9 Å². The Balaban J connectivity index is 2.27. The predicted octanol–water partition coefficient (Wildman–Crippen LogP) is 1.70. The third kappa shape index (κ3) is 3.13. The van der Waals surface area contributed by atoms with Gasteiger partial charge in [0.25, 0.3) is 0 Å². The molecule has 1 aromatic heterocycles. The first-order valence-electron chi connectivity index (χ1n) is 7.07. The Labute approximate surface area is 125 Å². The van der Waals surface area contributed by atoms with Crippen LogP contribution in [-0.2, 0) is 25.9 Å². The van der Waals surface area contributed by atoms with Gasteiger partial charge in [-0.15, -0.1) is 0 Å². The quantitative estimate of drug-likeness (QED) is 0.624. The number of hydrogen-bond acceptors (Lipinski definition) is 5. The Morgan fingerprint density at radius 3 is 2.38 bits per heavy atom. The molecule has 21 heavy (non-hydrogen) atoms. The number of rotatable bonds is 4. The van der Waals surface area contributed by atoms with Gasteiger partial charge in [-0.2, -0.15) is 5.10 Å². The molecule has 0 amide bonds. The topological polar surface area (TPSA) is 62.6 Å². The summed E-state index contributed by atoms with van der Waals surface area (Å²) in [6.45, 7) is 7.97. The normalized spacial score (nSPS) is 21.3. The number of aromatic nitrogens is 2. The van der Waals surface area contributed by atoms with Crippen molar-refractivity contribution in [2.75, 3.05) is 7.11 Å². The van der Waals surface area contributed by atoms with E-state index in [2.05, 4.69) is 5.10 Å². The molecule has 1 aliphatic heterocycles. The Morgan fingerprint density at radius 2 is 1.95 bits per heavy atom. The van der Waals surface area contributed by atoms with Crippen LogP contribution in [0.4, 0.5) is 0 Å². The summed E-state index contributed by atoms with van der Waals surface area (Å²) >= 11 is 0. The average Bonchev–Trinajstić information content (AvgIpc) is 2.88. The summed E-state index contributed by atoms with van der Waals surface area (Å²) in [5, 5.41) is 4.17. The van der Waals surface area contributed by atoms with Gasteiger partial charge >= 0.3 is 13.1 Å².